The first kappa shape index (κ1) is 18.6. The quantitative estimate of drug-likeness (QED) is 0.696. The standard InChI is InChI=1S/C23H27N4O2/c1-14-9-17(11-20(14)28)27-8-7-19-22(24-13-25-23(19)27)26-21-16(12-29-2)10-15-5-3-4-6-18(15)21/h3-8,13-14,16-17,20-21,28H,1,9-12H2,2H3,(H,24,25,26)/t14-,16-,17+,20-,21+/m0/s1. The maximum absolute atomic E-state index is 10.1. The topological polar surface area (TPSA) is 72.2 Å². The largest absolute Gasteiger partial charge is 0.393 e. The summed E-state index contributed by atoms with van der Waals surface area (Å²) in [6.45, 7) is 4.77. The minimum Gasteiger partial charge on any atom is -0.393 e. The molecule has 0 unspecified atom stereocenters. The van der Waals surface area contributed by atoms with Crippen LogP contribution in [0.25, 0.3) is 11.0 Å². The van der Waals surface area contributed by atoms with Crippen molar-refractivity contribution in [3.05, 3.63) is 60.9 Å². The molecule has 0 aliphatic heterocycles. The minimum absolute atomic E-state index is 0.0710. The molecule has 0 saturated heterocycles. The Bertz CT molecular complexity index is 1010. The molecular formula is C23H27N4O2. The number of benzene rings is 1. The minimum atomic E-state index is -0.346. The maximum Gasteiger partial charge on any atom is 0.145 e. The molecule has 2 aliphatic rings. The molecule has 29 heavy (non-hydrogen) atoms. The Balaban J connectivity index is 1.48. The second kappa shape index (κ2) is 7.43. The molecule has 0 amide bonds. The lowest BCUT2D eigenvalue weighted by Gasteiger charge is -2.22. The van der Waals surface area contributed by atoms with Gasteiger partial charge in [-0.15, -0.1) is 0 Å². The lowest BCUT2D eigenvalue weighted by Crippen LogP contribution is -2.21. The van der Waals surface area contributed by atoms with Gasteiger partial charge in [0.1, 0.15) is 17.8 Å². The highest BCUT2D eigenvalue weighted by Crippen LogP contribution is 2.40. The van der Waals surface area contributed by atoms with Gasteiger partial charge < -0.3 is 19.7 Å². The van der Waals surface area contributed by atoms with Crippen molar-refractivity contribution >= 4 is 16.9 Å². The zero-order valence-electron chi connectivity index (χ0n) is 16.7. The van der Waals surface area contributed by atoms with E-state index in [4.69, 9.17) is 4.74 Å². The Kier molecular flexibility index (Phi) is 4.76. The molecule has 151 valence electrons. The van der Waals surface area contributed by atoms with Crippen molar-refractivity contribution in [1.82, 2.24) is 14.5 Å². The van der Waals surface area contributed by atoms with E-state index in [1.165, 1.54) is 11.1 Å². The van der Waals surface area contributed by atoms with Gasteiger partial charge >= 0.3 is 0 Å². The summed E-state index contributed by atoms with van der Waals surface area (Å²) in [7, 11) is 1.76. The zero-order chi connectivity index (χ0) is 20.0. The van der Waals surface area contributed by atoms with Gasteiger partial charge in [0, 0.05) is 25.3 Å². The van der Waals surface area contributed by atoms with Crippen LogP contribution in [0.5, 0.6) is 0 Å². The van der Waals surface area contributed by atoms with Gasteiger partial charge in [-0.1, -0.05) is 24.3 Å². The molecule has 1 fully saturated rings. The Hall–Kier alpha value is -2.44. The molecule has 2 aromatic heterocycles. The van der Waals surface area contributed by atoms with Crippen molar-refractivity contribution in [2.45, 2.75) is 37.5 Å². The van der Waals surface area contributed by atoms with Crippen LogP contribution in [0, 0.1) is 18.8 Å². The van der Waals surface area contributed by atoms with Gasteiger partial charge in [-0.3, -0.25) is 0 Å². The van der Waals surface area contributed by atoms with Crippen LogP contribution in [0.15, 0.2) is 42.9 Å². The Morgan fingerprint density at radius 2 is 2.10 bits per heavy atom. The molecule has 0 spiro atoms. The van der Waals surface area contributed by atoms with E-state index in [0.717, 1.165) is 36.1 Å². The Morgan fingerprint density at radius 3 is 2.90 bits per heavy atom. The Labute approximate surface area is 170 Å². The van der Waals surface area contributed by atoms with Crippen molar-refractivity contribution in [2.24, 2.45) is 11.8 Å². The molecule has 2 aliphatic carbocycles. The van der Waals surface area contributed by atoms with Crippen LogP contribution in [-0.4, -0.2) is 39.5 Å². The van der Waals surface area contributed by atoms with Gasteiger partial charge in [-0.2, -0.15) is 0 Å². The maximum atomic E-state index is 10.1. The third-order valence-electron chi connectivity index (χ3n) is 6.55. The van der Waals surface area contributed by atoms with Crippen molar-refractivity contribution in [3.63, 3.8) is 0 Å². The number of rotatable bonds is 5. The van der Waals surface area contributed by atoms with Crippen LogP contribution in [0.2, 0.25) is 0 Å². The summed E-state index contributed by atoms with van der Waals surface area (Å²) in [6.07, 6.45) is 5.93. The number of ether oxygens (including phenoxy) is 1. The first-order chi connectivity index (χ1) is 14.2. The molecule has 5 atom stereocenters. The third-order valence-corrected chi connectivity index (χ3v) is 6.55. The number of aliphatic hydroxyl groups is 1. The fourth-order valence-corrected chi connectivity index (χ4v) is 5.07. The van der Waals surface area contributed by atoms with Crippen LogP contribution >= 0.6 is 0 Å². The summed E-state index contributed by atoms with van der Waals surface area (Å²) >= 11 is 0. The van der Waals surface area contributed by atoms with Crippen LogP contribution in [0.1, 0.15) is 36.1 Å². The third kappa shape index (κ3) is 3.20. The molecule has 1 saturated carbocycles. The SMILES string of the molecule is [CH2][C@H]1C[C@@H](n2ccc3c(N[C@H]4c5ccccc5C[C@H]4COC)ncnc32)C[C@@H]1O. The smallest absolute Gasteiger partial charge is 0.145 e. The summed E-state index contributed by atoms with van der Waals surface area (Å²) < 4.78 is 7.67. The first-order valence-electron chi connectivity index (χ1n) is 10.3. The highest BCUT2D eigenvalue weighted by Gasteiger charge is 2.34. The number of methoxy groups -OCH3 is 1. The predicted molar refractivity (Wildman–Crippen MR) is 113 cm³/mol. The number of fused-ring (bicyclic) bond motifs is 2. The number of hydrogen-bond acceptors (Lipinski definition) is 5. The number of aromatic nitrogens is 3. The van der Waals surface area contributed by atoms with Crippen LogP contribution in [0.3, 0.4) is 0 Å². The number of nitrogens with one attached hydrogen (secondary N) is 1. The summed E-state index contributed by atoms with van der Waals surface area (Å²) in [5, 5.41) is 14.8. The molecule has 3 aromatic rings. The fourth-order valence-electron chi connectivity index (χ4n) is 5.07. The number of aliphatic hydroxyl groups excluding tert-OH is 1. The van der Waals surface area contributed by atoms with Crippen molar-refractivity contribution in [3.8, 4) is 0 Å². The highest BCUT2D eigenvalue weighted by atomic mass is 16.5. The van der Waals surface area contributed by atoms with Gasteiger partial charge in [0.15, 0.2) is 0 Å². The molecule has 1 radical (unpaired) electrons. The number of nitrogens with zero attached hydrogens (tertiary/aromatic N) is 3. The average Bonchev–Trinajstić information content (AvgIpc) is 3.39. The lowest BCUT2D eigenvalue weighted by atomic mass is 10.0. The molecule has 1 aromatic carbocycles. The van der Waals surface area contributed by atoms with E-state index < -0.39 is 0 Å². The van der Waals surface area contributed by atoms with Crippen molar-refractivity contribution < 1.29 is 9.84 Å². The van der Waals surface area contributed by atoms with Crippen molar-refractivity contribution in [1.29, 1.82) is 0 Å². The van der Waals surface area contributed by atoms with Gasteiger partial charge in [0.05, 0.1) is 24.1 Å². The zero-order valence-corrected chi connectivity index (χ0v) is 16.7. The molecule has 2 heterocycles. The van der Waals surface area contributed by atoms with Gasteiger partial charge in [-0.25, -0.2) is 9.97 Å². The van der Waals surface area contributed by atoms with Crippen LogP contribution < -0.4 is 5.32 Å². The molecule has 2 N–H and O–H groups in total. The summed E-state index contributed by atoms with van der Waals surface area (Å²) in [4.78, 5) is 9.13. The summed E-state index contributed by atoms with van der Waals surface area (Å²) in [5.74, 6) is 1.28. The normalized spacial score (nSPS) is 28.7. The second-order valence-corrected chi connectivity index (χ2v) is 8.38. The first-order valence-corrected chi connectivity index (χ1v) is 10.3. The van der Waals surface area contributed by atoms with E-state index in [1.54, 1.807) is 13.4 Å². The van der Waals surface area contributed by atoms with E-state index in [2.05, 4.69) is 63.3 Å². The average molecular weight is 391 g/mol. The molecular weight excluding hydrogens is 364 g/mol. The molecule has 6 heteroatoms. The van der Waals surface area contributed by atoms with Crippen LogP contribution in [0.4, 0.5) is 5.82 Å². The number of anilines is 1. The van der Waals surface area contributed by atoms with E-state index in [-0.39, 0.29) is 24.1 Å². The fraction of sp³-hybridized carbons (Fsp3) is 0.435. The summed E-state index contributed by atoms with van der Waals surface area (Å²) in [6, 6.07) is 11.0. The second-order valence-electron chi connectivity index (χ2n) is 8.38. The predicted octanol–water partition coefficient (Wildman–Crippen LogP) is 3.55. The van der Waals surface area contributed by atoms with Gasteiger partial charge in [0.25, 0.3) is 0 Å². The Morgan fingerprint density at radius 1 is 1.24 bits per heavy atom. The highest BCUT2D eigenvalue weighted by molar-refractivity contribution is 5.87. The van der Waals surface area contributed by atoms with Crippen LogP contribution in [-0.2, 0) is 11.2 Å². The lowest BCUT2D eigenvalue weighted by molar-refractivity contribution is 0.148. The van der Waals surface area contributed by atoms with E-state index in [0.29, 0.717) is 12.5 Å². The van der Waals surface area contributed by atoms with Crippen molar-refractivity contribution in [2.75, 3.05) is 19.0 Å². The molecule has 5 rings (SSSR count). The number of hydrogen-bond donors (Lipinski definition) is 2. The van der Waals surface area contributed by atoms with E-state index in [1.807, 2.05) is 0 Å². The van der Waals surface area contributed by atoms with Gasteiger partial charge in [0.2, 0.25) is 0 Å². The van der Waals surface area contributed by atoms with Gasteiger partial charge in [-0.05, 0) is 49.3 Å². The van der Waals surface area contributed by atoms with E-state index in [9.17, 15) is 5.11 Å². The molecule has 0 bridgehead atoms. The summed E-state index contributed by atoms with van der Waals surface area (Å²) in [5.41, 5.74) is 3.60. The molecule has 6 nitrogen and oxygen atoms in total. The monoisotopic (exact) mass is 391 g/mol. The van der Waals surface area contributed by atoms with E-state index >= 15 is 0 Å².